The monoisotopic (exact) mass is 336 g/mol. The van der Waals surface area contributed by atoms with Crippen LogP contribution in [0.4, 0.5) is 18.9 Å². The number of hydrogen-bond acceptors (Lipinski definition) is 3. The summed E-state index contributed by atoms with van der Waals surface area (Å²) in [4.78, 5) is 24.9. The summed E-state index contributed by atoms with van der Waals surface area (Å²) >= 11 is 5.54. The Bertz CT molecular complexity index is 586. The van der Waals surface area contributed by atoms with Crippen molar-refractivity contribution in [3.8, 4) is 0 Å². The van der Waals surface area contributed by atoms with Crippen molar-refractivity contribution in [3.63, 3.8) is 0 Å². The highest BCUT2D eigenvalue weighted by Crippen LogP contribution is 2.36. The molecule has 0 bridgehead atoms. The molecule has 1 fully saturated rings. The number of amides is 2. The first-order valence-corrected chi connectivity index (χ1v) is 6.71. The number of hydrogen-bond donors (Lipinski definition) is 1. The van der Waals surface area contributed by atoms with Crippen LogP contribution in [-0.2, 0) is 20.5 Å². The zero-order valence-electron chi connectivity index (χ0n) is 11.2. The van der Waals surface area contributed by atoms with Crippen LogP contribution in [0.2, 0.25) is 5.02 Å². The summed E-state index contributed by atoms with van der Waals surface area (Å²) in [5.41, 5.74) is -1.62. The largest absolute Gasteiger partial charge is 0.418 e. The molecule has 1 aliphatic heterocycles. The van der Waals surface area contributed by atoms with Gasteiger partial charge in [-0.25, -0.2) is 0 Å². The number of carbonyl (C=O) groups is 2. The molecule has 22 heavy (non-hydrogen) atoms. The highest BCUT2D eigenvalue weighted by Gasteiger charge is 2.35. The van der Waals surface area contributed by atoms with Crippen LogP contribution >= 0.6 is 11.6 Å². The van der Waals surface area contributed by atoms with E-state index in [-0.39, 0.29) is 31.3 Å². The molecule has 120 valence electrons. The Morgan fingerprint density at radius 2 is 1.86 bits per heavy atom. The molecule has 1 N–H and O–H groups in total. The van der Waals surface area contributed by atoms with Crippen LogP contribution in [0.1, 0.15) is 5.56 Å². The second kappa shape index (κ2) is 6.53. The van der Waals surface area contributed by atoms with Crippen LogP contribution < -0.4 is 5.32 Å². The molecule has 0 saturated carbocycles. The number of alkyl halides is 3. The number of halogens is 4. The third-order valence-corrected chi connectivity index (χ3v) is 3.26. The minimum Gasteiger partial charge on any atom is -0.378 e. The molecule has 0 spiro atoms. The molecule has 1 saturated heterocycles. The van der Waals surface area contributed by atoms with Gasteiger partial charge in [-0.1, -0.05) is 11.6 Å². The fourth-order valence-corrected chi connectivity index (χ4v) is 2.12. The van der Waals surface area contributed by atoms with Crippen LogP contribution in [0.15, 0.2) is 18.2 Å². The fraction of sp³-hybridized carbons (Fsp3) is 0.385. The van der Waals surface area contributed by atoms with Gasteiger partial charge in [-0.05, 0) is 18.2 Å². The second-order valence-corrected chi connectivity index (χ2v) is 4.98. The van der Waals surface area contributed by atoms with Crippen molar-refractivity contribution < 1.29 is 27.5 Å². The van der Waals surface area contributed by atoms with E-state index in [0.717, 1.165) is 6.07 Å². The number of nitrogens with zero attached hydrogens (tertiary/aromatic N) is 1. The SMILES string of the molecule is O=C(Nc1ccc(Cl)cc1C(F)(F)F)C(=O)N1CCOCC1. The Morgan fingerprint density at radius 1 is 1.23 bits per heavy atom. The Morgan fingerprint density at radius 3 is 2.45 bits per heavy atom. The molecule has 2 amide bonds. The van der Waals surface area contributed by atoms with Crippen LogP contribution in [0.25, 0.3) is 0 Å². The molecule has 0 unspecified atom stereocenters. The molecule has 1 aromatic rings. The van der Waals surface area contributed by atoms with Gasteiger partial charge in [0.05, 0.1) is 24.5 Å². The normalized spacial score (nSPS) is 15.5. The summed E-state index contributed by atoms with van der Waals surface area (Å²) < 4.78 is 43.8. The summed E-state index contributed by atoms with van der Waals surface area (Å²) in [5.74, 6) is -2.03. The molecule has 9 heteroatoms. The molecule has 1 heterocycles. The van der Waals surface area contributed by atoms with E-state index in [1.807, 2.05) is 5.32 Å². The van der Waals surface area contributed by atoms with Gasteiger partial charge >= 0.3 is 18.0 Å². The van der Waals surface area contributed by atoms with Crippen molar-refractivity contribution in [2.24, 2.45) is 0 Å². The van der Waals surface area contributed by atoms with E-state index in [1.165, 1.54) is 11.0 Å². The Balaban J connectivity index is 2.16. The van der Waals surface area contributed by atoms with Crippen molar-refractivity contribution in [1.29, 1.82) is 0 Å². The first-order valence-electron chi connectivity index (χ1n) is 6.34. The van der Waals surface area contributed by atoms with Gasteiger partial charge < -0.3 is 15.0 Å². The molecular weight excluding hydrogens is 325 g/mol. The maximum absolute atomic E-state index is 12.9. The molecule has 0 radical (unpaired) electrons. The third-order valence-electron chi connectivity index (χ3n) is 3.03. The van der Waals surface area contributed by atoms with E-state index < -0.39 is 29.2 Å². The van der Waals surface area contributed by atoms with E-state index in [1.54, 1.807) is 0 Å². The van der Waals surface area contributed by atoms with Crippen molar-refractivity contribution in [1.82, 2.24) is 4.90 Å². The maximum atomic E-state index is 12.9. The molecular formula is C13H12ClF3N2O3. The lowest BCUT2D eigenvalue weighted by atomic mass is 10.1. The number of benzene rings is 1. The van der Waals surface area contributed by atoms with E-state index in [9.17, 15) is 22.8 Å². The molecule has 1 aromatic carbocycles. The number of nitrogens with one attached hydrogen (secondary N) is 1. The third kappa shape index (κ3) is 3.89. The van der Waals surface area contributed by atoms with E-state index in [2.05, 4.69) is 0 Å². The van der Waals surface area contributed by atoms with Gasteiger partial charge in [-0.3, -0.25) is 9.59 Å². The number of anilines is 1. The van der Waals surface area contributed by atoms with E-state index >= 15 is 0 Å². The number of rotatable bonds is 1. The Kier molecular flexibility index (Phi) is 4.92. The number of carbonyl (C=O) groups excluding carboxylic acids is 2. The lowest BCUT2D eigenvalue weighted by molar-refractivity contribution is -0.146. The lowest BCUT2D eigenvalue weighted by Crippen LogP contribution is -2.46. The zero-order valence-corrected chi connectivity index (χ0v) is 12.0. The summed E-state index contributed by atoms with van der Waals surface area (Å²) in [7, 11) is 0. The predicted molar refractivity (Wildman–Crippen MR) is 72.5 cm³/mol. The summed E-state index contributed by atoms with van der Waals surface area (Å²) in [6, 6.07) is 2.90. The first-order chi connectivity index (χ1) is 10.3. The highest BCUT2D eigenvalue weighted by atomic mass is 35.5. The number of morpholine rings is 1. The van der Waals surface area contributed by atoms with Gasteiger partial charge in [0, 0.05) is 18.1 Å². The first kappa shape index (κ1) is 16.6. The summed E-state index contributed by atoms with van der Waals surface area (Å²) in [6.07, 6.45) is -4.70. The predicted octanol–water partition coefficient (Wildman–Crippen LogP) is 2.16. The minimum atomic E-state index is -4.70. The Hall–Kier alpha value is -1.80. The Labute approximate surface area is 129 Å². The molecule has 5 nitrogen and oxygen atoms in total. The van der Waals surface area contributed by atoms with Gasteiger partial charge in [0.1, 0.15) is 0 Å². The summed E-state index contributed by atoms with van der Waals surface area (Å²) in [6.45, 7) is 1.01. The van der Waals surface area contributed by atoms with Gasteiger partial charge in [-0.2, -0.15) is 13.2 Å². The standard InChI is InChI=1S/C13H12ClF3N2O3/c14-8-1-2-10(9(7-8)13(15,16)17)18-11(20)12(21)19-3-5-22-6-4-19/h1-2,7H,3-6H2,(H,18,20). The number of ether oxygens (including phenoxy) is 1. The molecule has 1 aliphatic rings. The molecule has 0 aliphatic carbocycles. The topological polar surface area (TPSA) is 58.6 Å². The zero-order chi connectivity index (χ0) is 16.3. The van der Waals surface area contributed by atoms with E-state index in [0.29, 0.717) is 6.07 Å². The van der Waals surface area contributed by atoms with Gasteiger partial charge in [0.25, 0.3) is 0 Å². The fourth-order valence-electron chi connectivity index (χ4n) is 1.95. The molecule has 2 rings (SSSR count). The minimum absolute atomic E-state index is 0.121. The average molecular weight is 337 g/mol. The quantitative estimate of drug-likeness (QED) is 0.800. The van der Waals surface area contributed by atoms with Gasteiger partial charge in [-0.15, -0.1) is 0 Å². The maximum Gasteiger partial charge on any atom is 0.418 e. The van der Waals surface area contributed by atoms with Crippen LogP contribution in [-0.4, -0.2) is 43.0 Å². The van der Waals surface area contributed by atoms with Crippen molar-refractivity contribution in [2.45, 2.75) is 6.18 Å². The van der Waals surface area contributed by atoms with E-state index in [4.69, 9.17) is 16.3 Å². The smallest absolute Gasteiger partial charge is 0.378 e. The lowest BCUT2D eigenvalue weighted by Gasteiger charge is -2.26. The average Bonchev–Trinajstić information content (AvgIpc) is 2.48. The van der Waals surface area contributed by atoms with Crippen molar-refractivity contribution >= 4 is 29.1 Å². The van der Waals surface area contributed by atoms with Gasteiger partial charge in [0.2, 0.25) is 0 Å². The van der Waals surface area contributed by atoms with Crippen molar-refractivity contribution in [2.75, 3.05) is 31.6 Å². The second-order valence-electron chi connectivity index (χ2n) is 4.55. The van der Waals surface area contributed by atoms with Crippen molar-refractivity contribution in [3.05, 3.63) is 28.8 Å². The summed E-state index contributed by atoms with van der Waals surface area (Å²) in [5, 5.41) is 1.87. The van der Waals surface area contributed by atoms with Crippen LogP contribution in [0.3, 0.4) is 0 Å². The van der Waals surface area contributed by atoms with Gasteiger partial charge in [0.15, 0.2) is 0 Å². The molecule has 0 atom stereocenters. The van der Waals surface area contributed by atoms with Crippen LogP contribution in [0.5, 0.6) is 0 Å². The molecule has 0 aromatic heterocycles. The van der Waals surface area contributed by atoms with Crippen LogP contribution in [0, 0.1) is 0 Å². The highest BCUT2D eigenvalue weighted by molar-refractivity contribution is 6.39.